The first-order chi connectivity index (χ1) is 9.56. The smallest absolute Gasteiger partial charge is 0.251 e. The van der Waals surface area contributed by atoms with E-state index in [0.717, 1.165) is 6.42 Å². The van der Waals surface area contributed by atoms with Crippen LogP contribution in [-0.2, 0) is 9.47 Å². The van der Waals surface area contributed by atoms with Crippen molar-refractivity contribution in [1.29, 1.82) is 0 Å². The van der Waals surface area contributed by atoms with E-state index in [9.17, 15) is 9.18 Å². The largest absolute Gasteiger partial charge is 0.379 e. The molecule has 1 fully saturated rings. The summed E-state index contributed by atoms with van der Waals surface area (Å²) >= 11 is 0. The molecule has 1 aliphatic carbocycles. The fourth-order valence-corrected chi connectivity index (χ4v) is 2.43. The molecule has 20 heavy (non-hydrogen) atoms. The number of rotatable bonds is 6. The summed E-state index contributed by atoms with van der Waals surface area (Å²) in [5, 5.41) is 3.21. The maximum absolute atomic E-state index is 13.4. The third-order valence-corrected chi connectivity index (χ3v) is 3.49. The van der Waals surface area contributed by atoms with Crippen LogP contribution in [0, 0.1) is 5.82 Å². The molecule has 1 aromatic rings. The van der Waals surface area contributed by atoms with E-state index in [1.54, 1.807) is 13.2 Å². The van der Waals surface area contributed by atoms with Gasteiger partial charge in [-0.15, -0.1) is 0 Å². The van der Waals surface area contributed by atoms with Gasteiger partial charge in [-0.1, -0.05) is 0 Å². The highest BCUT2D eigenvalue weighted by molar-refractivity contribution is 5.94. The second-order valence-corrected chi connectivity index (χ2v) is 4.74. The average molecular weight is 282 g/mol. The monoisotopic (exact) mass is 282 g/mol. The van der Waals surface area contributed by atoms with Gasteiger partial charge >= 0.3 is 0 Å². The molecule has 3 atom stereocenters. The minimum Gasteiger partial charge on any atom is -0.379 e. The van der Waals surface area contributed by atoms with E-state index in [0.29, 0.717) is 12.3 Å². The molecule has 1 saturated carbocycles. The molecule has 0 saturated heterocycles. The number of hydrogen-bond donors (Lipinski definition) is 2. The average Bonchev–Trinajstić information content (AvgIpc) is 2.39. The Labute approximate surface area is 117 Å². The molecular weight excluding hydrogens is 263 g/mol. The van der Waals surface area contributed by atoms with Crippen LogP contribution in [-0.4, -0.2) is 37.9 Å². The van der Waals surface area contributed by atoms with Gasteiger partial charge in [0.1, 0.15) is 11.9 Å². The Kier molecular flexibility index (Phi) is 4.57. The summed E-state index contributed by atoms with van der Waals surface area (Å²) in [5.41, 5.74) is 5.64. The highest BCUT2D eigenvalue weighted by Gasteiger charge is 2.42. The fourth-order valence-electron chi connectivity index (χ4n) is 2.43. The van der Waals surface area contributed by atoms with Crippen molar-refractivity contribution in [3.63, 3.8) is 0 Å². The number of nitrogens with two attached hydrogens (primary N) is 1. The number of nitrogens with one attached hydrogen (secondary N) is 1. The molecular formula is C14H19FN2O3. The molecule has 1 amide bonds. The lowest BCUT2D eigenvalue weighted by Crippen LogP contribution is -2.56. The Morgan fingerprint density at radius 3 is 2.90 bits per heavy atom. The van der Waals surface area contributed by atoms with E-state index in [1.165, 1.54) is 12.1 Å². The molecule has 0 aliphatic heterocycles. The highest BCUT2D eigenvalue weighted by Crippen LogP contribution is 2.30. The van der Waals surface area contributed by atoms with Crippen molar-refractivity contribution in [2.24, 2.45) is 5.73 Å². The summed E-state index contributed by atoms with van der Waals surface area (Å²) in [6, 6.07) is 4.28. The first-order valence-corrected chi connectivity index (χ1v) is 6.57. The Bertz CT molecular complexity index is 495. The lowest BCUT2D eigenvalue weighted by Gasteiger charge is -2.43. The van der Waals surface area contributed by atoms with Crippen LogP contribution in [0.25, 0.3) is 0 Å². The van der Waals surface area contributed by atoms with E-state index in [-0.39, 0.29) is 23.8 Å². The van der Waals surface area contributed by atoms with E-state index in [1.807, 2.05) is 6.92 Å². The predicted octanol–water partition coefficient (Wildman–Crippen LogP) is 1.53. The van der Waals surface area contributed by atoms with Crippen LogP contribution in [0.3, 0.4) is 0 Å². The second-order valence-electron chi connectivity index (χ2n) is 4.74. The molecule has 0 spiro atoms. The third kappa shape index (κ3) is 2.91. The number of ether oxygens (including phenoxy) is 2. The first kappa shape index (κ1) is 14.7. The zero-order valence-electron chi connectivity index (χ0n) is 11.6. The molecule has 0 bridgehead atoms. The highest BCUT2D eigenvalue weighted by atomic mass is 19.1. The quantitative estimate of drug-likeness (QED) is 0.830. The number of anilines is 1. The van der Waals surface area contributed by atoms with Crippen LogP contribution in [0.1, 0.15) is 23.7 Å². The van der Waals surface area contributed by atoms with Crippen molar-refractivity contribution < 1.29 is 18.7 Å². The number of primary amides is 1. The summed E-state index contributed by atoms with van der Waals surface area (Å²) in [7, 11) is 1.63. The number of hydrogen-bond acceptors (Lipinski definition) is 4. The Morgan fingerprint density at radius 2 is 2.30 bits per heavy atom. The minimum absolute atomic E-state index is 0.0583. The van der Waals surface area contributed by atoms with Gasteiger partial charge in [-0.05, 0) is 31.5 Å². The molecule has 5 nitrogen and oxygen atoms in total. The summed E-state index contributed by atoms with van der Waals surface area (Å²) in [6.07, 6.45) is 0.811. The molecule has 3 N–H and O–H groups in total. The zero-order valence-corrected chi connectivity index (χ0v) is 11.6. The number of methoxy groups -OCH3 is 1. The van der Waals surface area contributed by atoms with E-state index >= 15 is 0 Å². The van der Waals surface area contributed by atoms with Gasteiger partial charge in [-0.25, -0.2) is 4.39 Å². The number of carbonyl (C=O) groups is 1. The third-order valence-electron chi connectivity index (χ3n) is 3.49. The molecule has 1 aliphatic rings. The molecule has 6 heteroatoms. The van der Waals surface area contributed by atoms with Gasteiger partial charge < -0.3 is 20.5 Å². The second kappa shape index (κ2) is 6.19. The summed E-state index contributed by atoms with van der Waals surface area (Å²) in [4.78, 5) is 11.1. The standard InChI is InChI=1S/C14H19FN2O3/c1-3-20-12-7-11(13(12)19-2)17-8-4-5-10(15)9(6-8)14(16)18/h4-6,11-13,17H,3,7H2,1-2H3,(H2,16,18). The van der Waals surface area contributed by atoms with Crippen molar-refractivity contribution in [2.75, 3.05) is 19.0 Å². The number of halogens is 1. The number of carbonyl (C=O) groups excluding carboxylic acids is 1. The molecule has 0 heterocycles. The van der Waals surface area contributed by atoms with Gasteiger partial charge in [-0.3, -0.25) is 4.79 Å². The summed E-state index contributed by atoms with van der Waals surface area (Å²) in [6.45, 7) is 2.58. The van der Waals surface area contributed by atoms with Gasteiger partial charge in [0.2, 0.25) is 0 Å². The van der Waals surface area contributed by atoms with Crippen molar-refractivity contribution in [1.82, 2.24) is 0 Å². The van der Waals surface area contributed by atoms with Crippen LogP contribution in [0.5, 0.6) is 0 Å². The van der Waals surface area contributed by atoms with Crippen molar-refractivity contribution >= 4 is 11.6 Å². The predicted molar refractivity (Wildman–Crippen MR) is 73.2 cm³/mol. The Hall–Kier alpha value is -1.66. The lowest BCUT2D eigenvalue weighted by molar-refractivity contribution is -0.118. The van der Waals surface area contributed by atoms with Crippen LogP contribution in [0.2, 0.25) is 0 Å². The normalized spacial score (nSPS) is 25.1. The van der Waals surface area contributed by atoms with Crippen LogP contribution >= 0.6 is 0 Å². The van der Waals surface area contributed by atoms with E-state index in [4.69, 9.17) is 15.2 Å². The van der Waals surface area contributed by atoms with Gasteiger partial charge in [0, 0.05) is 19.4 Å². The topological polar surface area (TPSA) is 73.6 Å². The first-order valence-electron chi connectivity index (χ1n) is 6.57. The fraction of sp³-hybridized carbons (Fsp3) is 0.500. The van der Waals surface area contributed by atoms with E-state index in [2.05, 4.69) is 5.32 Å². The van der Waals surface area contributed by atoms with Gasteiger partial charge in [0.05, 0.1) is 17.7 Å². The van der Waals surface area contributed by atoms with Crippen molar-refractivity contribution in [2.45, 2.75) is 31.6 Å². The lowest BCUT2D eigenvalue weighted by atomic mass is 9.85. The SMILES string of the molecule is CCOC1CC(Nc2ccc(F)c(C(N)=O)c2)C1OC. The maximum Gasteiger partial charge on any atom is 0.251 e. The molecule has 0 aromatic heterocycles. The van der Waals surface area contributed by atoms with Crippen LogP contribution < -0.4 is 11.1 Å². The minimum atomic E-state index is -0.782. The van der Waals surface area contributed by atoms with Crippen molar-refractivity contribution in [3.05, 3.63) is 29.6 Å². The molecule has 1 aromatic carbocycles. The van der Waals surface area contributed by atoms with Crippen LogP contribution in [0.4, 0.5) is 10.1 Å². The Morgan fingerprint density at radius 1 is 1.55 bits per heavy atom. The summed E-state index contributed by atoms with van der Waals surface area (Å²) < 4.78 is 24.3. The van der Waals surface area contributed by atoms with Crippen molar-refractivity contribution in [3.8, 4) is 0 Å². The molecule has 0 radical (unpaired) electrons. The number of amides is 1. The maximum atomic E-state index is 13.4. The van der Waals surface area contributed by atoms with Gasteiger partial charge in [0.15, 0.2) is 0 Å². The Balaban J connectivity index is 2.04. The molecule has 3 unspecified atom stereocenters. The van der Waals surface area contributed by atoms with Gasteiger partial charge in [0.25, 0.3) is 5.91 Å². The molecule has 2 rings (SSSR count). The number of benzene rings is 1. The van der Waals surface area contributed by atoms with Crippen LogP contribution in [0.15, 0.2) is 18.2 Å². The van der Waals surface area contributed by atoms with E-state index < -0.39 is 11.7 Å². The van der Waals surface area contributed by atoms with Gasteiger partial charge in [-0.2, -0.15) is 0 Å². The summed E-state index contributed by atoms with van der Waals surface area (Å²) in [5.74, 6) is -1.40. The molecule has 110 valence electrons. The zero-order chi connectivity index (χ0) is 14.7.